The standard InChI is InChI=1S/C25H21Cl2NO7/c1-10-6-14-19(12(8-18(30)28-14)11-4-5-15(29)13(26)7-11)23(31)25(10)24(32)20-16(33-2)9-17(34-3)21(27)22(20)35-25/h4-5,7,9-10,12,29H,6,8H2,1-3H3,(H,28,30). The van der Waals surface area contributed by atoms with E-state index in [2.05, 4.69) is 5.32 Å². The van der Waals surface area contributed by atoms with E-state index in [-0.39, 0.29) is 62.9 Å². The summed E-state index contributed by atoms with van der Waals surface area (Å²) < 4.78 is 16.9. The van der Waals surface area contributed by atoms with Crippen molar-refractivity contribution in [3.8, 4) is 23.0 Å². The number of benzene rings is 2. The van der Waals surface area contributed by atoms with E-state index in [4.69, 9.17) is 37.4 Å². The summed E-state index contributed by atoms with van der Waals surface area (Å²) in [6, 6.07) is 6.00. The molecule has 0 aromatic heterocycles. The maximum Gasteiger partial charge on any atom is 0.236 e. The van der Waals surface area contributed by atoms with Gasteiger partial charge in [-0.3, -0.25) is 14.4 Å². The number of methoxy groups -OCH3 is 2. The van der Waals surface area contributed by atoms with Crippen LogP contribution in [-0.2, 0) is 9.59 Å². The Morgan fingerprint density at radius 1 is 1.06 bits per heavy atom. The van der Waals surface area contributed by atoms with Crippen molar-refractivity contribution in [3.63, 3.8) is 0 Å². The zero-order valence-corrected chi connectivity index (χ0v) is 20.5. The Hall–Kier alpha value is -3.23. The number of aromatic hydroxyl groups is 1. The molecule has 0 saturated carbocycles. The zero-order valence-electron chi connectivity index (χ0n) is 19.0. The normalized spacial score (nSPS) is 25.2. The van der Waals surface area contributed by atoms with Crippen molar-refractivity contribution in [1.82, 2.24) is 5.32 Å². The average Bonchev–Trinajstić information content (AvgIpc) is 3.14. The molecular formula is C25H21Cl2NO7. The predicted molar refractivity (Wildman–Crippen MR) is 127 cm³/mol. The molecule has 1 spiro atoms. The molecule has 0 saturated heterocycles. The third-order valence-corrected chi connectivity index (χ3v) is 7.59. The minimum absolute atomic E-state index is 0.0289. The molecule has 35 heavy (non-hydrogen) atoms. The van der Waals surface area contributed by atoms with Gasteiger partial charge in [0.15, 0.2) is 5.75 Å². The molecule has 3 aliphatic rings. The number of ether oxygens (including phenoxy) is 3. The van der Waals surface area contributed by atoms with E-state index in [0.29, 0.717) is 11.3 Å². The molecular weight excluding hydrogens is 497 g/mol. The molecule has 1 amide bonds. The van der Waals surface area contributed by atoms with Crippen LogP contribution < -0.4 is 19.5 Å². The van der Waals surface area contributed by atoms with Crippen LogP contribution in [0, 0.1) is 5.92 Å². The number of hydrogen-bond donors (Lipinski definition) is 2. The second kappa shape index (κ2) is 8.17. The third kappa shape index (κ3) is 3.23. The van der Waals surface area contributed by atoms with Crippen LogP contribution in [0.5, 0.6) is 23.0 Å². The van der Waals surface area contributed by atoms with E-state index in [0.717, 1.165) is 0 Å². The topological polar surface area (TPSA) is 111 Å². The highest BCUT2D eigenvalue weighted by Gasteiger charge is 2.63. The molecule has 8 nitrogen and oxygen atoms in total. The van der Waals surface area contributed by atoms with Gasteiger partial charge >= 0.3 is 0 Å². The number of amides is 1. The van der Waals surface area contributed by atoms with Crippen molar-refractivity contribution in [2.24, 2.45) is 5.92 Å². The minimum Gasteiger partial charge on any atom is -0.506 e. The second-order valence-corrected chi connectivity index (χ2v) is 9.59. The zero-order chi connectivity index (χ0) is 25.2. The van der Waals surface area contributed by atoms with Crippen molar-refractivity contribution in [2.45, 2.75) is 31.3 Å². The van der Waals surface area contributed by atoms with Gasteiger partial charge < -0.3 is 24.6 Å². The minimum atomic E-state index is -1.88. The lowest BCUT2D eigenvalue weighted by Crippen LogP contribution is -2.59. The molecule has 5 rings (SSSR count). The Bertz CT molecular complexity index is 1350. The van der Waals surface area contributed by atoms with E-state index in [1.54, 1.807) is 13.0 Å². The molecule has 182 valence electrons. The molecule has 2 N–H and O–H groups in total. The second-order valence-electron chi connectivity index (χ2n) is 8.81. The van der Waals surface area contributed by atoms with E-state index >= 15 is 0 Å². The Balaban J connectivity index is 1.67. The molecule has 2 heterocycles. The highest BCUT2D eigenvalue weighted by molar-refractivity contribution is 6.36. The summed E-state index contributed by atoms with van der Waals surface area (Å²) in [5.41, 5.74) is -0.528. The average molecular weight is 518 g/mol. The summed E-state index contributed by atoms with van der Waals surface area (Å²) in [6.45, 7) is 1.72. The molecule has 0 radical (unpaired) electrons. The molecule has 10 heteroatoms. The maximum absolute atomic E-state index is 14.2. The van der Waals surface area contributed by atoms with Crippen LogP contribution in [0.25, 0.3) is 0 Å². The maximum atomic E-state index is 14.2. The fourth-order valence-corrected chi connectivity index (χ4v) is 5.67. The molecule has 0 bridgehead atoms. The number of phenolic OH excluding ortho intramolecular Hbond substituents is 1. The van der Waals surface area contributed by atoms with E-state index in [1.165, 1.54) is 32.4 Å². The Labute approximate surface area is 210 Å². The van der Waals surface area contributed by atoms with Crippen LogP contribution in [0.3, 0.4) is 0 Å². The largest absolute Gasteiger partial charge is 0.506 e. The van der Waals surface area contributed by atoms with Gasteiger partial charge in [0.1, 0.15) is 27.8 Å². The first kappa shape index (κ1) is 23.5. The number of ketones is 2. The van der Waals surface area contributed by atoms with E-state index in [9.17, 15) is 19.5 Å². The van der Waals surface area contributed by atoms with Crippen molar-refractivity contribution in [3.05, 3.63) is 56.7 Å². The number of hydrogen-bond acceptors (Lipinski definition) is 7. The molecule has 1 aliphatic carbocycles. The number of fused-ring (bicyclic) bond motifs is 1. The molecule has 3 atom stereocenters. The molecule has 2 aromatic rings. The fraction of sp³-hybridized carbons (Fsp3) is 0.320. The van der Waals surface area contributed by atoms with Crippen LogP contribution in [0.1, 0.15) is 41.6 Å². The number of allylic oxidation sites excluding steroid dienone is 1. The van der Waals surface area contributed by atoms with Crippen LogP contribution in [0.4, 0.5) is 0 Å². The summed E-state index contributed by atoms with van der Waals surface area (Å²) in [5, 5.41) is 12.8. The van der Waals surface area contributed by atoms with Crippen molar-refractivity contribution in [1.29, 1.82) is 0 Å². The quantitative estimate of drug-likeness (QED) is 0.586. The van der Waals surface area contributed by atoms with Crippen LogP contribution in [0.2, 0.25) is 10.0 Å². The van der Waals surface area contributed by atoms with Gasteiger partial charge in [0.25, 0.3) is 0 Å². The fourth-order valence-electron chi connectivity index (χ4n) is 5.21. The first-order valence-corrected chi connectivity index (χ1v) is 11.6. The Kier molecular flexibility index (Phi) is 5.49. The number of halogens is 2. The van der Waals surface area contributed by atoms with E-state index < -0.39 is 29.0 Å². The van der Waals surface area contributed by atoms with Gasteiger partial charge in [-0.25, -0.2) is 0 Å². The first-order valence-electron chi connectivity index (χ1n) is 10.9. The Morgan fingerprint density at radius 3 is 2.43 bits per heavy atom. The smallest absolute Gasteiger partial charge is 0.236 e. The van der Waals surface area contributed by atoms with Gasteiger partial charge in [0.05, 0.1) is 19.2 Å². The Morgan fingerprint density at radius 2 is 1.77 bits per heavy atom. The number of phenols is 1. The highest BCUT2D eigenvalue weighted by Crippen LogP contribution is 2.55. The van der Waals surface area contributed by atoms with Crippen molar-refractivity contribution < 1.29 is 33.7 Å². The van der Waals surface area contributed by atoms with Gasteiger partial charge in [-0.05, 0) is 24.1 Å². The van der Waals surface area contributed by atoms with Crippen LogP contribution >= 0.6 is 23.2 Å². The predicted octanol–water partition coefficient (Wildman–Crippen LogP) is 4.20. The van der Waals surface area contributed by atoms with Crippen molar-refractivity contribution >= 4 is 40.7 Å². The number of carbonyl (C=O) groups excluding carboxylic acids is 3. The SMILES string of the molecule is COc1cc(OC)c2c(c1Cl)OC1(C(=O)C3=C(CC1C)NC(=O)CC3c1ccc(O)c(Cl)c1)C2=O. The summed E-state index contributed by atoms with van der Waals surface area (Å²) in [4.78, 5) is 40.7. The summed E-state index contributed by atoms with van der Waals surface area (Å²) in [7, 11) is 2.82. The number of Topliss-reactive ketones (excluding diaryl/α,β-unsaturated/α-hetero) is 2. The number of carbonyl (C=O) groups is 3. The van der Waals surface area contributed by atoms with Gasteiger partial charge in [-0.1, -0.05) is 36.2 Å². The lowest BCUT2D eigenvalue weighted by Gasteiger charge is -2.41. The lowest BCUT2D eigenvalue weighted by molar-refractivity contribution is -0.131. The van der Waals surface area contributed by atoms with Gasteiger partial charge in [-0.2, -0.15) is 0 Å². The summed E-state index contributed by atoms with van der Waals surface area (Å²) in [6.07, 6.45) is 0.182. The van der Waals surface area contributed by atoms with Crippen molar-refractivity contribution in [2.75, 3.05) is 14.2 Å². The molecule has 0 fully saturated rings. The van der Waals surface area contributed by atoms with Gasteiger partial charge in [-0.15, -0.1) is 0 Å². The number of rotatable bonds is 3. The third-order valence-electron chi connectivity index (χ3n) is 6.93. The summed E-state index contributed by atoms with van der Waals surface area (Å²) in [5.74, 6) is -2.34. The molecule has 2 aliphatic heterocycles. The lowest BCUT2D eigenvalue weighted by atomic mass is 9.66. The molecule has 2 aromatic carbocycles. The highest BCUT2D eigenvalue weighted by atomic mass is 35.5. The van der Waals surface area contributed by atoms with Crippen LogP contribution in [-0.4, -0.2) is 42.4 Å². The molecule has 3 unspecified atom stereocenters. The van der Waals surface area contributed by atoms with Crippen LogP contribution in [0.15, 0.2) is 35.5 Å². The first-order chi connectivity index (χ1) is 16.6. The van der Waals surface area contributed by atoms with Gasteiger partial charge in [0.2, 0.25) is 23.1 Å². The summed E-state index contributed by atoms with van der Waals surface area (Å²) >= 11 is 12.6. The van der Waals surface area contributed by atoms with E-state index in [1.807, 2.05) is 0 Å². The van der Waals surface area contributed by atoms with Gasteiger partial charge in [0, 0.05) is 35.6 Å². The number of nitrogens with one attached hydrogen (secondary N) is 1. The monoisotopic (exact) mass is 517 g/mol.